The minimum absolute atomic E-state index is 0.298. The highest BCUT2D eigenvalue weighted by atomic mass is 32.1. The molecule has 0 atom stereocenters. The topological polar surface area (TPSA) is 52.3 Å². The first kappa shape index (κ1) is 15.5. The van der Waals surface area contributed by atoms with E-state index >= 15 is 0 Å². The van der Waals surface area contributed by atoms with Crippen molar-refractivity contribution in [2.24, 2.45) is 0 Å². The van der Waals surface area contributed by atoms with Crippen LogP contribution in [-0.2, 0) is 4.74 Å². The minimum Gasteiger partial charge on any atom is -0.456 e. The quantitative estimate of drug-likeness (QED) is 0.837. The van der Waals surface area contributed by atoms with Crippen LogP contribution >= 0.6 is 11.3 Å². The number of carbonyl (C=O) groups is 1. The molecule has 1 heterocycles. The van der Waals surface area contributed by atoms with Gasteiger partial charge in [0.15, 0.2) is 0 Å². The van der Waals surface area contributed by atoms with E-state index in [0.717, 1.165) is 16.0 Å². The highest BCUT2D eigenvalue weighted by molar-refractivity contribution is 7.19. The van der Waals surface area contributed by atoms with Crippen LogP contribution in [0.1, 0.15) is 36.7 Å². The molecule has 0 saturated carbocycles. The second-order valence-electron chi connectivity index (χ2n) is 5.80. The van der Waals surface area contributed by atoms with Gasteiger partial charge < -0.3 is 10.5 Å². The summed E-state index contributed by atoms with van der Waals surface area (Å²) in [6.45, 7) is 7.25. The first-order chi connectivity index (χ1) is 9.69. The van der Waals surface area contributed by atoms with Gasteiger partial charge in [-0.15, -0.1) is 11.3 Å². The van der Waals surface area contributed by atoms with Gasteiger partial charge in [0, 0.05) is 4.88 Å². The Hall–Kier alpha value is -1.88. The summed E-state index contributed by atoms with van der Waals surface area (Å²) in [5, 5.41) is 0.418. The lowest BCUT2D eigenvalue weighted by molar-refractivity contribution is 0.00706. The zero-order chi connectivity index (χ0) is 15.8. The molecule has 0 radical (unpaired) electrons. The summed E-state index contributed by atoms with van der Waals surface area (Å²) >= 11 is 1.31. The molecule has 112 valence electrons. The molecule has 0 aliphatic rings. The molecular formula is C16H18FNO2S. The predicted molar refractivity (Wildman–Crippen MR) is 84.0 cm³/mol. The Bertz CT molecular complexity index is 669. The van der Waals surface area contributed by atoms with Gasteiger partial charge in [-0.2, -0.15) is 0 Å². The van der Waals surface area contributed by atoms with E-state index in [-0.39, 0.29) is 5.82 Å². The number of nitrogens with two attached hydrogens (primary N) is 1. The van der Waals surface area contributed by atoms with Crippen molar-refractivity contribution in [3.05, 3.63) is 41.2 Å². The second kappa shape index (κ2) is 5.48. The Balaban J connectivity index is 2.42. The van der Waals surface area contributed by atoms with E-state index in [1.807, 2.05) is 27.7 Å². The van der Waals surface area contributed by atoms with Crippen molar-refractivity contribution in [2.75, 3.05) is 5.73 Å². The monoisotopic (exact) mass is 307 g/mol. The zero-order valence-corrected chi connectivity index (χ0v) is 13.3. The molecule has 0 spiro atoms. The van der Waals surface area contributed by atoms with E-state index in [2.05, 4.69) is 0 Å². The molecule has 0 fully saturated rings. The van der Waals surface area contributed by atoms with E-state index in [1.54, 1.807) is 12.1 Å². The molecule has 0 aliphatic carbocycles. The van der Waals surface area contributed by atoms with Crippen LogP contribution in [-0.4, -0.2) is 11.6 Å². The maximum atomic E-state index is 13.0. The highest BCUT2D eigenvalue weighted by Gasteiger charge is 2.25. The van der Waals surface area contributed by atoms with Gasteiger partial charge in [0.05, 0.1) is 5.56 Å². The Kier molecular flexibility index (Phi) is 4.05. The Labute approximate surface area is 127 Å². The number of carbonyl (C=O) groups excluding carboxylic acids is 1. The van der Waals surface area contributed by atoms with Crippen molar-refractivity contribution in [3.63, 3.8) is 0 Å². The second-order valence-corrected chi connectivity index (χ2v) is 6.86. The van der Waals surface area contributed by atoms with Gasteiger partial charge >= 0.3 is 5.97 Å². The summed E-state index contributed by atoms with van der Waals surface area (Å²) in [5.74, 6) is -0.726. The van der Waals surface area contributed by atoms with Crippen LogP contribution in [0.4, 0.5) is 9.39 Å². The molecular weight excluding hydrogens is 289 g/mol. The lowest BCUT2D eigenvalue weighted by Crippen LogP contribution is -2.24. The van der Waals surface area contributed by atoms with E-state index in [0.29, 0.717) is 10.6 Å². The van der Waals surface area contributed by atoms with Crippen LogP contribution < -0.4 is 5.73 Å². The number of rotatable bonds is 2. The molecule has 5 heteroatoms. The lowest BCUT2D eigenvalue weighted by atomic mass is 10.1. The van der Waals surface area contributed by atoms with Crippen LogP contribution in [0.2, 0.25) is 0 Å². The summed E-state index contributed by atoms with van der Waals surface area (Å²) in [6.07, 6.45) is 0. The van der Waals surface area contributed by atoms with Gasteiger partial charge in [-0.25, -0.2) is 9.18 Å². The van der Waals surface area contributed by atoms with Gasteiger partial charge in [-0.3, -0.25) is 0 Å². The summed E-state index contributed by atoms with van der Waals surface area (Å²) < 4.78 is 18.4. The average molecular weight is 307 g/mol. The predicted octanol–water partition coefficient (Wildman–Crippen LogP) is 4.40. The number of halogens is 1. The van der Waals surface area contributed by atoms with E-state index in [4.69, 9.17) is 10.5 Å². The number of nitrogen functional groups attached to an aromatic ring is 1. The number of hydrogen-bond acceptors (Lipinski definition) is 4. The first-order valence-electron chi connectivity index (χ1n) is 6.57. The molecule has 3 nitrogen and oxygen atoms in total. The standard InChI is InChI=1S/C16H18FNO2S/c1-9-12(15(19)20-16(2,3)4)14(18)21-13(9)10-5-7-11(17)8-6-10/h5-8H,18H2,1-4H3. The SMILES string of the molecule is Cc1c(-c2ccc(F)cc2)sc(N)c1C(=O)OC(C)(C)C. The molecule has 21 heavy (non-hydrogen) atoms. The molecule has 0 bridgehead atoms. The number of benzene rings is 1. The Morgan fingerprint density at radius 2 is 1.81 bits per heavy atom. The molecule has 1 aromatic heterocycles. The summed E-state index contributed by atoms with van der Waals surface area (Å²) in [6, 6.07) is 6.12. The molecule has 2 N–H and O–H groups in total. The Morgan fingerprint density at radius 3 is 2.33 bits per heavy atom. The van der Waals surface area contributed by atoms with Gasteiger partial charge in [-0.05, 0) is 51.0 Å². The van der Waals surface area contributed by atoms with Crippen LogP contribution in [0.15, 0.2) is 24.3 Å². The normalized spacial score (nSPS) is 11.5. The molecule has 0 saturated heterocycles. The van der Waals surface area contributed by atoms with E-state index in [1.165, 1.54) is 23.5 Å². The number of thiophene rings is 1. The van der Waals surface area contributed by atoms with Crippen molar-refractivity contribution in [1.82, 2.24) is 0 Å². The van der Waals surface area contributed by atoms with Crippen LogP contribution in [0.5, 0.6) is 0 Å². The minimum atomic E-state index is -0.575. The van der Waals surface area contributed by atoms with Crippen LogP contribution in [0.3, 0.4) is 0 Å². The van der Waals surface area contributed by atoms with Gasteiger partial charge in [0.25, 0.3) is 0 Å². The third-order valence-corrected chi connectivity index (χ3v) is 4.05. The fourth-order valence-electron chi connectivity index (χ4n) is 2.00. The van der Waals surface area contributed by atoms with Gasteiger partial charge in [-0.1, -0.05) is 12.1 Å². The Morgan fingerprint density at radius 1 is 1.24 bits per heavy atom. The highest BCUT2D eigenvalue weighted by Crippen LogP contribution is 2.38. The van der Waals surface area contributed by atoms with Gasteiger partial charge in [0.2, 0.25) is 0 Å². The molecule has 0 aliphatic heterocycles. The largest absolute Gasteiger partial charge is 0.456 e. The molecule has 1 aromatic carbocycles. The third kappa shape index (κ3) is 3.42. The maximum Gasteiger partial charge on any atom is 0.341 e. The average Bonchev–Trinajstić information content (AvgIpc) is 2.63. The number of hydrogen-bond donors (Lipinski definition) is 1. The molecule has 2 rings (SSSR count). The maximum absolute atomic E-state index is 13.0. The van der Waals surface area contributed by atoms with E-state index < -0.39 is 11.6 Å². The smallest absolute Gasteiger partial charge is 0.341 e. The fraction of sp³-hybridized carbons (Fsp3) is 0.312. The van der Waals surface area contributed by atoms with Crippen LogP contribution in [0.25, 0.3) is 10.4 Å². The van der Waals surface area contributed by atoms with Crippen molar-refractivity contribution < 1.29 is 13.9 Å². The van der Waals surface area contributed by atoms with Crippen LogP contribution in [0, 0.1) is 12.7 Å². The number of anilines is 1. The van der Waals surface area contributed by atoms with Gasteiger partial charge in [0.1, 0.15) is 16.4 Å². The number of esters is 1. The molecule has 0 amide bonds. The summed E-state index contributed by atoms with van der Waals surface area (Å²) in [5.41, 5.74) is 7.39. The van der Waals surface area contributed by atoms with Crippen molar-refractivity contribution in [2.45, 2.75) is 33.3 Å². The summed E-state index contributed by atoms with van der Waals surface area (Å²) in [7, 11) is 0. The molecule has 0 unspecified atom stereocenters. The lowest BCUT2D eigenvalue weighted by Gasteiger charge is -2.19. The molecule has 2 aromatic rings. The number of ether oxygens (including phenoxy) is 1. The van der Waals surface area contributed by atoms with Crippen molar-refractivity contribution in [1.29, 1.82) is 0 Å². The van der Waals surface area contributed by atoms with Crippen molar-refractivity contribution >= 4 is 22.3 Å². The van der Waals surface area contributed by atoms with Crippen molar-refractivity contribution in [3.8, 4) is 10.4 Å². The zero-order valence-electron chi connectivity index (χ0n) is 12.5. The van der Waals surface area contributed by atoms with E-state index in [9.17, 15) is 9.18 Å². The third-order valence-electron chi connectivity index (χ3n) is 2.88. The summed E-state index contributed by atoms with van der Waals surface area (Å²) in [4.78, 5) is 13.1. The fourth-order valence-corrected chi connectivity index (χ4v) is 3.06. The first-order valence-corrected chi connectivity index (χ1v) is 7.39.